The standard InChI is InChI=1S/C32H52O3Si/c1-8-31-18-17-23-20-25(34-5)13-14-26(23)29(31)24(12-10-9-11-19-33)21-32(22-35-36(6)7)27(30(2,3)4)15-16-28(31)32/h8,13-14,20,24,27-29,33,36H,1,9-12,15-19,21-22H2,2-7H3/t24-,27+,28-,29+,31-,32-/m0/s1. The van der Waals surface area contributed by atoms with Gasteiger partial charge < -0.3 is 14.3 Å². The fourth-order valence-corrected chi connectivity index (χ4v) is 9.81. The van der Waals surface area contributed by atoms with Gasteiger partial charge in [-0.25, -0.2) is 0 Å². The van der Waals surface area contributed by atoms with E-state index in [1.165, 1.54) is 44.1 Å². The van der Waals surface area contributed by atoms with Gasteiger partial charge in [0.1, 0.15) is 5.75 Å². The third-order valence-electron chi connectivity index (χ3n) is 10.3. The van der Waals surface area contributed by atoms with E-state index in [-0.39, 0.29) is 16.2 Å². The highest BCUT2D eigenvalue weighted by Gasteiger charge is 2.66. The van der Waals surface area contributed by atoms with Crippen LogP contribution in [0.15, 0.2) is 30.9 Å². The molecule has 36 heavy (non-hydrogen) atoms. The summed E-state index contributed by atoms with van der Waals surface area (Å²) in [4.78, 5) is 0. The molecule has 3 nitrogen and oxygen atoms in total. The molecule has 0 unspecified atom stereocenters. The molecule has 2 fully saturated rings. The molecule has 2 saturated carbocycles. The summed E-state index contributed by atoms with van der Waals surface area (Å²) < 4.78 is 12.3. The fourth-order valence-electron chi connectivity index (χ4n) is 9.17. The van der Waals surface area contributed by atoms with Gasteiger partial charge in [0, 0.05) is 13.2 Å². The number of aryl methyl sites for hydroxylation is 1. The molecule has 0 aliphatic heterocycles. The van der Waals surface area contributed by atoms with Crippen LogP contribution in [0.1, 0.15) is 89.2 Å². The first kappa shape index (κ1) is 27.9. The molecule has 0 spiro atoms. The number of unbranched alkanes of at least 4 members (excludes halogenated alkanes) is 2. The van der Waals surface area contributed by atoms with Gasteiger partial charge in [0.15, 0.2) is 9.04 Å². The molecule has 0 bridgehead atoms. The van der Waals surface area contributed by atoms with Crippen molar-refractivity contribution in [1.82, 2.24) is 0 Å². The van der Waals surface area contributed by atoms with Crippen molar-refractivity contribution in [2.45, 2.75) is 97.6 Å². The van der Waals surface area contributed by atoms with E-state index in [1.54, 1.807) is 12.7 Å². The Labute approximate surface area is 222 Å². The number of benzene rings is 1. The predicted molar refractivity (Wildman–Crippen MR) is 153 cm³/mol. The summed E-state index contributed by atoms with van der Waals surface area (Å²) in [6.07, 6.45) is 13.1. The van der Waals surface area contributed by atoms with Crippen molar-refractivity contribution >= 4 is 9.04 Å². The van der Waals surface area contributed by atoms with Gasteiger partial charge >= 0.3 is 0 Å². The Balaban J connectivity index is 1.83. The fraction of sp³-hybridized carbons (Fsp3) is 0.750. The average Bonchev–Trinajstić information content (AvgIpc) is 3.25. The van der Waals surface area contributed by atoms with Crippen LogP contribution >= 0.6 is 0 Å². The minimum atomic E-state index is -1.13. The molecular formula is C32H52O3Si. The number of hydrogen-bond donors (Lipinski definition) is 1. The second kappa shape index (κ2) is 10.9. The van der Waals surface area contributed by atoms with E-state index in [2.05, 4.69) is 64.7 Å². The Hall–Kier alpha value is -1.10. The summed E-state index contributed by atoms with van der Waals surface area (Å²) in [6.45, 7) is 17.9. The highest BCUT2D eigenvalue weighted by Crippen LogP contribution is 2.73. The van der Waals surface area contributed by atoms with Crippen LogP contribution in [-0.4, -0.2) is 34.5 Å². The quantitative estimate of drug-likeness (QED) is 0.200. The maximum atomic E-state index is 9.42. The molecule has 1 N–H and O–H groups in total. The summed E-state index contributed by atoms with van der Waals surface area (Å²) in [5, 5.41) is 9.42. The van der Waals surface area contributed by atoms with Crippen molar-refractivity contribution in [3.8, 4) is 5.75 Å². The number of rotatable bonds is 10. The zero-order valence-corrected chi connectivity index (χ0v) is 25.1. The molecular weight excluding hydrogens is 460 g/mol. The first-order valence-corrected chi connectivity index (χ1v) is 17.4. The lowest BCUT2D eigenvalue weighted by molar-refractivity contribution is -0.108. The number of fused-ring (bicyclic) bond motifs is 5. The molecule has 0 radical (unpaired) electrons. The summed E-state index contributed by atoms with van der Waals surface area (Å²) in [7, 11) is 0.646. The maximum Gasteiger partial charge on any atom is 0.170 e. The second-order valence-electron chi connectivity index (χ2n) is 13.5. The zero-order chi connectivity index (χ0) is 26.1. The minimum absolute atomic E-state index is 0.128. The van der Waals surface area contributed by atoms with Crippen molar-refractivity contribution in [3.63, 3.8) is 0 Å². The van der Waals surface area contributed by atoms with Crippen molar-refractivity contribution in [2.24, 2.45) is 34.0 Å². The lowest BCUT2D eigenvalue weighted by Crippen LogP contribution is -2.57. The van der Waals surface area contributed by atoms with E-state index >= 15 is 0 Å². The third-order valence-corrected chi connectivity index (χ3v) is 11.2. The van der Waals surface area contributed by atoms with Gasteiger partial charge in [0.2, 0.25) is 0 Å². The van der Waals surface area contributed by atoms with Crippen molar-refractivity contribution in [2.75, 3.05) is 20.3 Å². The zero-order valence-electron chi connectivity index (χ0n) is 23.9. The molecule has 0 aromatic heterocycles. The molecule has 0 amide bonds. The van der Waals surface area contributed by atoms with Gasteiger partial charge in [-0.3, -0.25) is 0 Å². The molecule has 0 heterocycles. The van der Waals surface area contributed by atoms with E-state index in [9.17, 15) is 5.11 Å². The van der Waals surface area contributed by atoms with E-state index in [4.69, 9.17) is 9.16 Å². The Morgan fingerprint density at radius 2 is 1.94 bits per heavy atom. The largest absolute Gasteiger partial charge is 0.497 e. The lowest BCUT2D eigenvalue weighted by atomic mass is 9.42. The maximum absolute atomic E-state index is 9.42. The van der Waals surface area contributed by atoms with E-state index in [0.29, 0.717) is 30.3 Å². The minimum Gasteiger partial charge on any atom is -0.497 e. The van der Waals surface area contributed by atoms with Crippen LogP contribution in [0.25, 0.3) is 0 Å². The van der Waals surface area contributed by atoms with Gasteiger partial charge in [0.25, 0.3) is 0 Å². The Morgan fingerprint density at radius 3 is 2.58 bits per heavy atom. The van der Waals surface area contributed by atoms with Crippen LogP contribution in [0.5, 0.6) is 5.75 Å². The van der Waals surface area contributed by atoms with Crippen LogP contribution in [-0.2, 0) is 10.8 Å². The molecule has 202 valence electrons. The highest BCUT2D eigenvalue weighted by atomic mass is 28.3. The summed E-state index contributed by atoms with van der Waals surface area (Å²) in [5.74, 6) is 3.43. The third kappa shape index (κ3) is 4.87. The smallest absolute Gasteiger partial charge is 0.170 e. The molecule has 1 aromatic carbocycles. The van der Waals surface area contributed by atoms with Crippen LogP contribution in [0.2, 0.25) is 13.1 Å². The predicted octanol–water partition coefficient (Wildman–Crippen LogP) is 7.53. The topological polar surface area (TPSA) is 38.7 Å². The number of methoxy groups -OCH3 is 1. The number of ether oxygens (including phenoxy) is 1. The first-order chi connectivity index (χ1) is 17.1. The van der Waals surface area contributed by atoms with Crippen LogP contribution in [0, 0.1) is 34.0 Å². The van der Waals surface area contributed by atoms with Crippen molar-refractivity contribution < 1.29 is 14.3 Å². The molecule has 4 heteroatoms. The molecule has 3 aliphatic rings. The number of aliphatic hydroxyl groups excluding tert-OH is 1. The normalized spacial score (nSPS) is 33.7. The molecule has 6 atom stereocenters. The molecule has 4 rings (SSSR count). The summed E-state index contributed by atoms with van der Waals surface area (Å²) in [6, 6.07) is 6.87. The average molecular weight is 513 g/mol. The summed E-state index contributed by atoms with van der Waals surface area (Å²) in [5.41, 5.74) is 3.67. The molecule has 1 aromatic rings. The number of aliphatic hydroxyl groups is 1. The molecule has 3 aliphatic carbocycles. The Kier molecular flexibility index (Phi) is 8.49. The lowest BCUT2D eigenvalue weighted by Gasteiger charge is -2.63. The van der Waals surface area contributed by atoms with Gasteiger partial charge in [-0.1, -0.05) is 45.8 Å². The first-order valence-electron chi connectivity index (χ1n) is 14.7. The SMILES string of the molecule is C=C[C@@]12CCc3cc(OC)ccc3[C@H]1[C@@H](CCCCCO)C[C@]1(CO[SiH](C)C)[C@@H](C(C)(C)C)CC[C@@H]21. The number of hydrogen-bond acceptors (Lipinski definition) is 3. The Morgan fingerprint density at radius 1 is 1.17 bits per heavy atom. The van der Waals surface area contributed by atoms with Gasteiger partial charge in [-0.15, -0.1) is 6.58 Å². The van der Waals surface area contributed by atoms with E-state index in [0.717, 1.165) is 31.6 Å². The molecule has 0 saturated heterocycles. The number of allylic oxidation sites excluding steroid dienone is 1. The van der Waals surface area contributed by atoms with E-state index in [1.807, 2.05) is 0 Å². The van der Waals surface area contributed by atoms with Crippen LogP contribution in [0.3, 0.4) is 0 Å². The summed E-state index contributed by atoms with van der Waals surface area (Å²) >= 11 is 0. The van der Waals surface area contributed by atoms with Gasteiger partial charge in [-0.05, 0) is 121 Å². The van der Waals surface area contributed by atoms with Crippen molar-refractivity contribution in [1.29, 1.82) is 0 Å². The van der Waals surface area contributed by atoms with E-state index < -0.39 is 9.04 Å². The van der Waals surface area contributed by atoms with Gasteiger partial charge in [-0.2, -0.15) is 0 Å². The van der Waals surface area contributed by atoms with Crippen molar-refractivity contribution in [3.05, 3.63) is 42.0 Å². The monoisotopic (exact) mass is 512 g/mol. The van der Waals surface area contributed by atoms with Crippen LogP contribution < -0.4 is 4.74 Å². The van der Waals surface area contributed by atoms with Gasteiger partial charge in [0.05, 0.1) is 7.11 Å². The van der Waals surface area contributed by atoms with Crippen LogP contribution in [0.4, 0.5) is 0 Å². The second-order valence-corrected chi connectivity index (χ2v) is 16.0. The Bertz CT molecular complexity index is 905. The highest BCUT2D eigenvalue weighted by molar-refractivity contribution is 6.48.